The van der Waals surface area contributed by atoms with Crippen molar-refractivity contribution in [2.24, 2.45) is 0 Å². The van der Waals surface area contributed by atoms with E-state index in [-0.39, 0.29) is 0 Å². The third-order valence-corrected chi connectivity index (χ3v) is 5.63. The van der Waals surface area contributed by atoms with Gasteiger partial charge in [-0.15, -0.1) is 0 Å². The van der Waals surface area contributed by atoms with Crippen LogP contribution >= 0.6 is 0 Å². The molecule has 0 spiro atoms. The second kappa shape index (κ2) is 7.60. The zero-order valence-electron chi connectivity index (χ0n) is 16.2. The summed E-state index contributed by atoms with van der Waals surface area (Å²) < 4.78 is 5.37. The first-order valence-electron chi connectivity index (χ1n) is 10.0. The SMILES string of the molecule is O=c1[nH]c2cccc(N3CCN(Cc4ccccc4-c4ccccc4)CC3)c2o1. The molecule has 0 radical (unpaired) electrons. The molecule has 4 aromatic rings. The van der Waals surface area contributed by atoms with Gasteiger partial charge in [-0.25, -0.2) is 4.79 Å². The van der Waals surface area contributed by atoms with E-state index >= 15 is 0 Å². The van der Waals surface area contributed by atoms with E-state index in [1.54, 1.807) is 0 Å². The van der Waals surface area contributed by atoms with Crippen molar-refractivity contribution in [3.8, 4) is 11.1 Å². The van der Waals surface area contributed by atoms with Gasteiger partial charge in [0.1, 0.15) is 0 Å². The van der Waals surface area contributed by atoms with Crippen LogP contribution in [0.5, 0.6) is 0 Å². The Morgan fingerprint density at radius 3 is 2.41 bits per heavy atom. The molecule has 0 unspecified atom stereocenters. The predicted octanol–water partition coefficient (Wildman–Crippen LogP) is 4.11. The van der Waals surface area contributed by atoms with E-state index in [9.17, 15) is 4.79 Å². The molecule has 2 heterocycles. The number of fused-ring (bicyclic) bond motifs is 1. The van der Waals surface area contributed by atoms with Crippen LogP contribution in [0.3, 0.4) is 0 Å². The third-order valence-electron chi connectivity index (χ3n) is 5.63. The molecule has 0 atom stereocenters. The number of oxazole rings is 1. The first kappa shape index (κ1) is 17.8. The summed E-state index contributed by atoms with van der Waals surface area (Å²) >= 11 is 0. The van der Waals surface area contributed by atoms with Gasteiger partial charge >= 0.3 is 5.76 Å². The molecule has 0 bridgehead atoms. The number of hydrogen-bond acceptors (Lipinski definition) is 4. The van der Waals surface area contributed by atoms with E-state index < -0.39 is 5.76 Å². The van der Waals surface area contributed by atoms with Crippen LogP contribution < -0.4 is 10.7 Å². The lowest BCUT2D eigenvalue weighted by Gasteiger charge is -2.36. The molecular formula is C24H23N3O2. The van der Waals surface area contributed by atoms with Crippen molar-refractivity contribution in [2.45, 2.75) is 6.54 Å². The molecule has 1 aromatic heterocycles. The van der Waals surface area contributed by atoms with Crippen LogP contribution in [0.15, 0.2) is 82.0 Å². The van der Waals surface area contributed by atoms with Gasteiger partial charge in [-0.05, 0) is 28.8 Å². The molecule has 3 aromatic carbocycles. The van der Waals surface area contributed by atoms with E-state index in [4.69, 9.17) is 4.42 Å². The van der Waals surface area contributed by atoms with Crippen molar-refractivity contribution in [2.75, 3.05) is 31.1 Å². The first-order chi connectivity index (χ1) is 14.3. The van der Waals surface area contributed by atoms with E-state index in [0.717, 1.165) is 43.9 Å². The first-order valence-corrected chi connectivity index (χ1v) is 10.0. The van der Waals surface area contributed by atoms with Crippen LogP contribution in [0.1, 0.15) is 5.56 Å². The van der Waals surface area contributed by atoms with Crippen molar-refractivity contribution in [3.05, 3.63) is 88.9 Å². The van der Waals surface area contributed by atoms with E-state index in [0.29, 0.717) is 5.58 Å². The summed E-state index contributed by atoms with van der Waals surface area (Å²) in [6.45, 7) is 4.67. The van der Waals surface area contributed by atoms with E-state index in [2.05, 4.69) is 69.4 Å². The van der Waals surface area contributed by atoms with Crippen molar-refractivity contribution < 1.29 is 4.42 Å². The number of nitrogens with one attached hydrogen (secondary N) is 1. The monoisotopic (exact) mass is 385 g/mol. The molecule has 5 nitrogen and oxygen atoms in total. The van der Waals surface area contributed by atoms with Crippen LogP contribution in [0.4, 0.5) is 5.69 Å². The zero-order chi connectivity index (χ0) is 19.6. The second-order valence-electron chi connectivity index (χ2n) is 7.45. The molecule has 1 N–H and O–H groups in total. The number of H-pyrrole nitrogens is 1. The number of rotatable bonds is 4. The Hall–Kier alpha value is -3.31. The summed E-state index contributed by atoms with van der Waals surface area (Å²) in [6, 6.07) is 25.1. The maximum absolute atomic E-state index is 11.6. The second-order valence-corrected chi connectivity index (χ2v) is 7.45. The molecule has 29 heavy (non-hydrogen) atoms. The average molecular weight is 385 g/mol. The molecule has 0 aliphatic carbocycles. The van der Waals surface area contributed by atoms with Gasteiger partial charge in [0.2, 0.25) is 0 Å². The lowest BCUT2D eigenvalue weighted by Crippen LogP contribution is -2.46. The van der Waals surface area contributed by atoms with Gasteiger partial charge in [-0.3, -0.25) is 9.88 Å². The van der Waals surface area contributed by atoms with Gasteiger partial charge in [-0.1, -0.05) is 60.7 Å². The quantitative estimate of drug-likeness (QED) is 0.574. The molecule has 0 amide bonds. The number of aromatic amines is 1. The van der Waals surface area contributed by atoms with Crippen LogP contribution in [0.25, 0.3) is 22.2 Å². The molecule has 0 saturated carbocycles. The van der Waals surface area contributed by atoms with Crippen molar-refractivity contribution in [3.63, 3.8) is 0 Å². The number of nitrogens with zero attached hydrogens (tertiary/aromatic N) is 2. The smallest absolute Gasteiger partial charge is 0.406 e. The van der Waals surface area contributed by atoms with Crippen molar-refractivity contribution in [1.82, 2.24) is 9.88 Å². The Labute approximate surface area is 169 Å². The van der Waals surface area contributed by atoms with Crippen LogP contribution in [-0.2, 0) is 6.54 Å². The summed E-state index contributed by atoms with van der Waals surface area (Å²) in [4.78, 5) is 19.1. The average Bonchev–Trinajstić information content (AvgIpc) is 3.16. The number of benzene rings is 3. The standard InChI is InChI=1S/C24H23N3O2/c28-24-25-21-11-6-12-22(23(21)29-24)27-15-13-26(14-16-27)17-19-9-4-5-10-20(19)18-7-2-1-3-8-18/h1-12H,13-17H2,(H,25,28). The molecule has 5 rings (SSSR count). The van der Waals surface area contributed by atoms with Gasteiger partial charge in [0.25, 0.3) is 0 Å². The highest BCUT2D eigenvalue weighted by Gasteiger charge is 2.21. The van der Waals surface area contributed by atoms with Crippen LogP contribution in [-0.4, -0.2) is 36.1 Å². The number of hydrogen-bond donors (Lipinski definition) is 1. The molecule has 1 fully saturated rings. The number of para-hydroxylation sites is 1. The van der Waals surface area contributed by atoms with Crippen LogP contribution in [0, 0.1) is 0 Å². The topological polar surface area (TPSA) is 52.5 Å². The highest BCUT2D eigenvalue weighted by Crippen LogP contribution is 2.28. The van der Waals surface area contributed by atoms with E-state index in [1.807, 2.05) is 18.2 Å². The molecule has 5 heteroatoms. The third kappa shape index (κ3) is 3.57. The number of anilines is 1. The Bertz CT molecular complexity index is 1170. The summed E-state index contributed by atoms with van der Waals surface area (Å²) in [5.74, 6) is -0.399. The van der Waals surface area contributed by atoms with Gasteiger partial charge in [0.05, 0.1) is 11.2 Å². The normalized spacial score (nSPS) is 15.1. The minimum Gasteiger partial charge on any atom is -0.406 e. The van der Waals surface area contributed by atoms with Gasteiger partial charge < -0.3 is 9.32 Å². The Morgan fingerprint density at radius 1 is 0.828 bits per heavy atom. The maximum atomic E-state index is 11.6. The van der Waals surface area contributed by atoms with Crippen molar-refractivity contribution in [1.29, 1.82) is 0 Å². The van der Waals surface area contributed by atoms with Gasteiger partial charge in [-0.2, -0.15) is 0 Å². The highest BCUT2D eigenvalue weighted by molar-refractivity contribution is 5.86. The van der Waals surface area contributed by atoms with Crippen LogP contribution in [0.2, 0.25) is 0 Å². The van der Waals surface area contributed by atoms with Crippen molar-refractivity contribution >= 4 is 16.8 Å². The predicted molar refractivity (Wildman–Crippen MR) is 116 cm³/mol. The Balaban J connectivity index is 1.31. The lowest BCUT2D eigenvalue weighted by molar-refractivity contribution is 0.250. The fraction of sp³-hybridized carbons (Fsp3) is 0.208. The Morgan fingerprint density at radius 2 is 1.59 bits per heavy atom. The zero-order valence-corrected chi connectivity index (χ0v) is 16.2. The number of piperazine rings is 1. The molecule has 146 valence electrons. The fourth-order valence-electron chi connectivity index (χ4n) is 4.15. The van der Waals surface area contributed by atoms with E-state index in [1.165, 1.54) is 16.7 Å². The van der Waals surface area contributed by atoms with Gasteiger partial charge in [0.15, 0.2) is 5.58 Å². The van der Waals surface area contributed by atoms with Gasteiger partial charge in [0, 0.05) is 32.7 Å². The summed E-state index contributed by atoms with van der Waals surface area (Å²) in [5.41, 5.74) is 6.31. The molecule has 1 aliphatic rings. The summed E-state index contributed by atoms with van der Waals surface area (Å²) in [5, 5.41) is 0. The lowest BCUT2D eigenvalue weighted by atomic mass is 9.99. The largest absolute Gasteiger partial charge is 0.417 e. The minimum absolute atomic E-state index is 0.399. The Kier molecular flexibility index (Phi) is 4.66. The molecular weight excluding hydrogens is 362 g/mol. The molecule has 1 aliphatic heterocycles. The minimum atomic E-state index is -0.399. The molecule has 1 saturated heterocycles. The summed E-state index contributed by atoms with van der Waals surface area (Å²) in [6.07, 6.45) is 0. The summed E-state index contributed by atoms with van der Waals surface area (Å²) in [7, 11) is 0. The maximum Gasteiger partial charge on any atom is 0.417 e. The highest BCUT2D eigenvalue weighted by atomic mass is 16.4. The fourth-order valence-corrected chi connectivity index (χ4v) is 4.15. The number of aromatic nitrogens is 1.